The van der Waals surface area contributed by atoms with Gasteiger partial charge in [-0.2, -0.15) is 0 Å². The van der Waals surface area contributed by atoms with E-state index in [0.29, 0.717) is 16.5 Å². The molecule has 35 heavy (non-hydrogen) atoms. The largest absolute Gasteiger partial charge is 0.431 e. The Morgan fingerprint density at radius 2 is 1.54 bits per heavy atom. The van der Waals surface area contributed by atoms with E-state index >= 15 is 0 Å². The number of ketones is 1. The van der Waals surface area contributed by atoms with Crippen molar-refractivity contribution in [2.45, 2.75) is 19.1 Å². The Labute approximate surface area is 207 Å². The number of carbonyl (C=O) groups excluding carboxylic acids is 1. The molecule has 0 saturated carbocycles. The third-order valence-electron chi connectivity index (χ3n) is 5.83. The number of nitrogens with zero attached hydrogens (tertiary/aromatic N) is 2. The molecule has 0 spiro atoms. The van der Waals surface area contributed by atoms with Crippen molar-refractivity contribution < 1.29 is 13.6 Å². The van der Waals surface area contributed by atoms with Crippen molar-refractivity contribution in [3.05, 3.63) is 114 Å². The van der Waals surface area contributed by atoms with E-state index in [1.165, 1.54) is 23.9 Å². The van der Waals surface area contributed by atoms with Gasteiger partial charge in [0.15, 0.2) is 11.5 Å². The fourth-order valence-electron chi connectivity index (χ4n) is 4.18. The molecule has 0 N–H and O–H groups in total. The van der Waals surface area contributed by atoms with Crippen LogP contribution in [0.25, 0.3) is 28.3 Å². The lowest BCUT2D eigenvalue weighted by atomic mass is 10.1. The van der Waals surface area contributed by atoms with Crippen LogP contribution < -0.4 is 0 Å². The van der Waals surface area contributed by atoms with Crippen molar-refractivity contribution in [1.29, 1.82) is 0 Å². The predicted octanol–water partition coefficient (Wildman–Crippen LogP) is 7.53. The quantitative estimate of drug-likeness (QED) is 0.178. The van der Waals surface area contributed by atoms with E-state index in [1.807, 2.05) is 85.1 Å². The van der Waals surface area contributed by atoms with Crippen LogP contribution in [0.2, 0.25) is 0 Å². The Balaban J connectivity index is 1.40. The highest BCUT2D eigenvalue weighted by Gasteiger charge is 2.20. The number of oxazole rings is 1. The number of thioether (sulfide) groups is 1. The molecule has 5 rings (SSSR count). The fourth-order valence-corrected chi connectivity index (χ4v) is 4.88. The molecule has 0 aliphatic rings. The predicted molar refractivity (Wildman–Crippen MR) is 138 cm³/mol. The van der Waals surface area contributed by atoms with E-state index in [9.17, 15) is 9.18 Å². The van der Waals surface area contributed by atoms with Crippen LogP contribution in [0.3, 0.4) is 0 Å². The Kier molecular flexibility index (Phi) is 6.38. The highest BCUT2D eigenvalue weighted by molar-refractivity contribution is 7.99. The van der Waals surface area contributed by atoms with Gasteiger partial charge in [-0.25, -0.2) is 9.37 Å². The van der Waals surface area contributed by atoms with Gasteiger partial charge in [0.1, 0.15) is 11.5 Å². The van der Waals surface area contributed by atoms with Gasteiger partial charge in [0.25, 0.3) is 5.22 Å². The van der Waals surface area contributed by atoms with E-state index in [0.717, 1.165) is 33.9 Å². The molecule has 0 aliphatic carbocycles. The summed E-state index contributed by atoms with van der Waals surface area (Å²) >= 11 is 1.28. The summed E-state index contributed by atoms with van der Waals surface area (Å²) in [6.07, 6.45) is 0. The SMILES string of the molecule is Cc1cc(C(=O)CSc2nc(-c3ccccc3)c(-c3ccccc3)o2)c(C)n1-c1ccc(F)cc1. The molecule has 4 nitrogen and oxygen atoms in total. The minimum absolute atomic E-state index is 0.0165. The third-order valence-corrected chi connectivity index (χ3v) is 6.66. The Morgan fingerprint density at radius 3 is 2.20 bits per heavy atom. The summed E-state index contributed by atoms with van der Waals surface area (Å²) in [6.45, 7) is 3.84. The van der Waals surface area contributed by atoms with Crippen molar-refractivity contribution in [1.82, 2.24) is 9.55 Å². The second-order valence-electron chi connectivity index (χ2n) is 8.20. The van der Waals surface area contributed by atoms with Crippen LogP contribution >= 0.6 is 11.8 Å². The van der Waals surface area contributed by atoms with E-state index < -0.39 is 0 Å². The number of aromatic nitrogens is 2. The molecule has 0 saturated heterocycles. The van der Waals surface area contributed by atoms with Gasteiger partial charge in [-0.15, -0.1) is 0 Å². The molecule has 0 amide bonds. The van der Waals surface area contributed by atoms with Gasteiger partial charge < -0.3 is 8.98 Å². The topological polar surface area (TPSA) is 48.0 Å². The summed E-state index contributed by atoms with van der Waals surface area (Å²) in [6, 6.07) is 27.9. The normalized spacial score (nSPS) is 11.1. The van der Waals surface area contributed by atoms with Crippen molar-refractivity contribution in [3.63, 3.8) is 0 Å². The lowest BCUT2D eigenvalue weighted by molar-refractivity contribution is 0.102. The van der Waals surface area contributed by atoms with E-state index in [2.05, 4.69) is 0 Å². The zero-order valence-electron chi connectivity index (χ0n) is 19.4. The number of Topliss-reactive ketones (excluding diaryl/α,β-unsaturated/α-hetero) is 1. The van der Waals surface area contributed by atoms with Gasteiger partial charge in [0.2, 0.25) is 0 Å². The fraction of sp³-hybridized carbons (Fsp3) is 0.103. The highest BCUT2D eigenvalue weighted by Crippen LogP contribution is 2.36. The standard InChI is InChI=1S/C29H23FN2O2S/c1-19-17-25(20(2)32(19)24-15-13-23(30)14-16-24)26(33)18-35-29-31-27(21-9-5-3-6-10-21)28(34-29)22-11-7-4-8-12-22/h3-17H,18H2,1-2H3. The minimum atomic E-state index is -0.292. The van der Waals surface area contributed by atoms with Crippen LogP contribution in [0.15, 0.2) is 101 Å². The number of benzene rings is 3. The van der Waals surface area contributed by atoms with Crippen LogP contribution in [-0.2, 0) is 0 Å². The summed E-state index contributed by atoms with van der Waals surface area (Å²) in [5.74, 6) is 0.564. The first kappa shape index (κ1) is 22.9. The van der Waals surface area contributed by atoms with Crippen LogP contribution in [0.1, 0.15) is 21.7 Å². The van der Waals surface area contributed by atoms with Crippen molar-refractivity contribution >= 4 is 17.5 Å². The first-order valence-corrected chi connectivity index (χ1v) is 12.2. The van der Waals surface area contributed by atoms with Gasteiger partial charge >= 0.3 is 0 Å². The monoisotopic (exact) mass is 482 g/mol. The molecule has 0 aliphatic heterocycles. The molecule has 2 heterocycles. The minimum Gasteiger partial charge on any atom is -0.431 e. The van der Waals surface area contributed by atoms with Crippen molar-refractivity contribution in [2.24, 2.45) is 0 Å². The number of hydrogen-bond acceptors (Lipinski definition) is 4. The van der Waals surface area contributed by atoms with Crippen molar-refractivity contribution in [3.8, 4) is 28.3 Å². The average molecular weight is 483 g/mol. The second kappa shape index (κ2) is 9.76. The van der Waals surface area contributed by atoms with Gasteiger partial charge in [-0.1, -0.05) is 72.4 Å². The number of aryl methyl sites for hydroxylation is 1. The molecular weight excluding hydrogens is 459 g/mol. The van der Waals surface area contributed by atoms with Crippen LogP contribution in [0, 0.1) is 19.7 Å². The summed E-state index contributed by atoms with van der Waals surface area (Å²) in [5.41, 5.74) is 5.83. The first-order chi connectivity index (χ1) is 17.0. The second-order valence-corrected chi connectivity index (χ2v) is 9.12. The van der Waals surface area contributed by atoms with Crippen molar-refractivity contribution in [2.75, 3.05) is 5.75 Å². The number of hydrogen-bond donors (Lipinski definition) is 0. The van der Waals surface area contributed by atoms with Crippen LogP contribution in [0.4, 0.5) is 4.39 Å². The molecule has 6 heteroatoms. The summed E-state index contributed by atoms with van der Waals surface area (Å²) in [7, 11) is 0. The molecule has 5 aromatic rings. The molecule has 3 aromatic carbocycles. The maximum absolute atomic E-state index is 13.4. The Bertz CT molecular complexity index is 1420. The average Bonchev–Trinajstić information content (AvgIpc) is 3.45. The molecule has 0 fully saturated rings. The van der Waals surface area contributed by atoms with E-state index in [1.54, 1.807) is 12.1 Å². The highest BCUT2D eigenvalue weighted by atomic mass is 32.2. The molecule has 2 aromatic heterocycles. The van der Waals surface area contributed by atoms with Gasteiger partial charge in [-0.05, 0) is 44.2 Å². The Hall–Kier alpha value is -3.90. The van der Waals surface area contributed by atoms with Crippen LogP contribution in [0.5, 0.6) is 0 Å². The summed E-state index contributed by atoms with van der Waals surface area (Å²) < 4.78 is 21.5. The number of carbonyl (C=O) groups is 1. The van der Waals surface area contributed by atoms with Gasteiger partial charge in [-0.3, -0.25) is 4.79 Å². The summed E-state index contributed by atoms with van der Waals surface area (Å²) in [4.78, 5) is 17.9. The lowest BCUT2D eigenvalue weighted by Crippen LogP contribution is -2.05. The molecular formula is C29H23FN2O2S. The third kappa shape index (κ3) is 4.70. The maximum Gasteiger partial charge on any atom is 0.257 e. The van der Waals surface area contributed by atoms with Crippen LogP contribution in [-0.4, -0.2) is 21.1 Å². The molecule has 0 atom stereocenters. The van der Waals surface area contributed by atoms with Gasteiger partial charge in [0.05, 0.1) is 5.75 Å². The summed E-state index contributed by atoms with van der Waals surface area (Å²) in [5, 5.41) is 0.448. The Morgan fingerprint density at radius 1 is 0.914 bits per heavy atom. The molecule has 0 unspecified atom stereocenters. The van der Waals surface area contributed by atoms with E-state index in [4.69, 9.17) is 9.40 Å². The number of rotatable bonds is 7. The molecule has 0 radical (unpaired) electrons. The lowest BCUT2D eigenvalue weighted by Gasteiger charge is -2.09. The zero-order chi connectivity index (χ0) is 24.4. The first-order valence-electron chi connectivity index (χ1n) is 11.2. The number of halogens is 1. The van der Waals surface area contributed by atoms with E-state index in [-0.39, 0.29) is 17.4 Å². The molecule has 0 bridgehead atoms. The van der Waals surface area contributed by atoms with Gasteiger partial charge in [0, 0.05) is 33.8 Å². The zero-order valence-corrected chi connectivity index (χ0v) is 20.2. The smallest absolute Gasteiger partial charge is 0.257 e. The maximum atomic E-state index is 13.4. The molecule has 174 valence electrons.